The van der Waals surface area contributed by atoms with E-state index in [-0.39, 0.29) is 24.9 Å². The van der Waals surface area contributed by atoms with E-state index in [9.17, 15) is 14.4 Å². The van der Waals surface area contributed by atoms with Crippen LogP contribution in [0, 0.1) is 0 Å². The lowest BCUT2D eigenvalue weighted by molar-refractivity contribution is -0.881. The van der Waals surface area contributed by atoms with E-state index in [0.29, 0.717) is 23.7 Å². The van der Waals surface area contributed by atoms with Crippen molar-refractivity contribution in [3.8, 4) is 0 Å². The van der Waals surface area contributed by atoms with E-state index >= 15 is 0 Å². The van der Waals surface area contributed by atoms with Crippen LogP contribution < -0.4 is 21.3 Å². The lowest BCUT2D eigenvalue weighted by Crippen LogP contribution is -3.13. The minimum Gasteiger partial charge on any atom is -0.366 e. The van der Waals surface area contributed by atoms with Crippen LogP contribution in [0.4, 0.5) is 5.00 Å². The number of thiophene rings is 2. The molecule has 2 heterocycles. The van der Waals surface area contributed by atoms with Gasteiger partial charge in [-0.25, -0.2) is 0 Å². The smallest absolute Gasteiger partial charge is 0.280 e. The van der Waals surface area contributed by atoms with Gasteiger partial charge < -0.3 is 21.3 Å². The van der Waals surface area contributed by atoms with Gasteiger partial charge >= 0.3 is 0 Å². The molecule has 2 aromatic heterocycles. The van der Waals surface area contributed by atoms with Gasteiger partial charge in [0.05, 0.1) is 18.7 Å². The molecule has 0 saturated heterocycles. The summed E-state index contributed by atoms with van der Waals surface area (Å²) in [6.07, 6.45) is 0. The van der Waals surface area contributed by atoms with Crippen LogP contribution in [-0.4, -0.2) is 37.4 Å². The largest absolute Gasteiger partial charge is 0.366 e. The zero-order valence-corrected chi connectivity index (χ0v) is 15.5. The van der Waals surface area contributed by atoms with Gasteiger partial charge in [-0.1, -0.05) is 6.07 Å². The van der Waals surface area contributed by atoms with Crippen molar-refractivity contribution in [3.05, 3.63) is 39.4 Å². The monoisotopic (exact) mass is 381 g/mol. The molecule has 0 saturated carbocycles. The van der Waals surface area contributed by atoms with E-state index in [4.69, 9.17) is 5.73 Å². The predicted octanol–water partition coefficient (Wildman–Crippen LogP) is 0.0682. The molecule has 2 rings (SSSR count). The van der Waals surface area contributed by atoms with Crippen molar-refractivity contribution in [2.24, 2.45) is 5.73 Å². The molecule has 0 bridgehead atoms. The van der Waals surface area contributed by atoms with Crippen LogP contribution >= 0.6 is 22.7 Å². The summed E-state index contributed by atoms with van der Waals surface area (Å²) in [6, 6.07) is 5.47. The number of hydrogen-bond donors (Lipinski definition) is 4. The molecule has 0 aliphatic rings. The zero-order chi connectivity index (χ0) is 18.2. The number of anilines is 1. The standard InChI is InChI=1S/C16H20N4O3S2/c1-2-20(9-13(21)18-8-11-4-3-6-24-11)10-14(22)19-16-12(15(17)23)5-7-25-16/h3-7H,2,8-10H2,1H3,(H2,17,23)(H,18,21)(H,19,22)/p+1. The van der Waals surface area contributed by atoms with E-state index in [1.54, 1.807) is 22.8 Å². The molecule has 0 fully saturated rings. The molecule has 7 nitrogen and oxygen atoms in total. The Morgan fingerprint density at radius 1 is 1.12 bits per heavy atom. The fraction of sp³-hybridized carbons (Fsp3) is 0.312. The Balaban J connectivity index is 1.81. The van der Waals surface area contributed by atoms with E-state index < -0.39 is 5.91 Å². The summed E-state index contributed by atoms with van der Waals surface area (Å²) in [5, 5.41) is 9.64. The van der Waals surface area contributed by atoms with Crippen LogP contribution in [0.25, 0.3) is 0 Å². The van der Waals surface area contributed by atoms with Gasteiger partial charge in [0.15, 0.2) is 13.1 Å². The second-order valence-electron chi connectivity index (χ2n) is 5.39. The van der Waals surface area contributed by atoms with Crippen LogP contribution in [0.3, 0.4) is 0 Å². The van der Waals surface area contributed by atoms with Gasteiger partial charge in [0.2, 0.25) is 0 Å². The number of hydrogen-bond acceptors (Lipinski definition) is 5. The fourth-order valence-electron chi connectivity index (χ4n) is 2.20. The number of quaternary nitrogens is 1. The van der Waals surface area contributed by atoms with Crippen LogP contribution in [0.2, 0.25) is 0 Å². The Hall–Kier alpha value is -2.23. The number of carbonyl (C=O) groups is 3. The zero-order valence-electron chi connectivity index (χ0n) is 13.8. The number of rotatable bonds is 9. The minimum absolute atomic E-state index is 0.105. The highest BCUT2D eigenvalue weighted by molar-refractivity contribution is 7.14. The summed E-state index contributed by atoms with van der Waals surface area (Å²) >= 11 is 2.82. The first-order chi connectivity index (χ1) is 12.0. The van der Waals surface area contributed by atoms with Gasteiger partial charge in [0.1, 0.15) is 5.00 Å². The second-order valence-corrected chi connectivity index (χ2v) is 7.34. The predicted molar refractivity (Wildman–Crippen MR) is 98.9 cm³/mol. The summed E-state index contributed by atoms with van der Waals surface area (Å²) in [4.78, 5) is 37.4. The Morgan fingerprint density at radius 2 is 1.88 bits per heavy atom. The molecular weight excluding hydrogens is 360 g/mol. The molecule has 0 spiro atoms. The quantitative estimate of drug-likeness (QED) is 0.494. The van der Waals surface area contributed by atoms with Crippen molar-refractivity contribution in [1.82, 2.24) is 5.32 Å². The highest BCUT2D eigenvalue weighted by atomic mass is 32.1. The lowest BCUT2D eigenvalue weighted by atomic mass is 10.3. The average Bonchev–Trinajstić information content (AvgIpc) is 3.23. The van der Waals surface area contributed by atoms with Gasteiger partial charge in [-0.3, -0.25) is 14.4 Å². The van der Waals surface area contributed by atoms with Gasteiger partial charge in [0, 0.05) is 4.88 Å². The van der Waals surface area contributed by atoms with Crippen LogP contribution in [0.1, 0.15) is 22.2 Å². The number of amides is 3. The molecule has 0 aliphatic carbocycles. The van der Waals surface area contributed by atoms with Gasteiger partial charge in [-0.05, 0) is 29.8 Å². The Bertz CT molecular complexity index is 728. The van der Waals surface area contributed by atoms with Crippen LogP contribution in [0.15, 0.2) is 29.0 Å². The summed E-state index contributed by atoms with van der Waals surface area (Å²) < 4.78 is 0. The van der Waals surface area contributed by atoms with Gasteiger partial charge in [0.25, 0.3) is 17.7 Å². The van der Waals surface area contributed by atoms with Crippen molar-refractivity contribution in [1.29, 1.82) is 0 Å². The summed E-state index contributed by atoms with van der Waals surface area (Å²) in [5.41, 5.74) is 5.56. The Kier molecular flexibility index (Phi) is 7.11. The normalized spacial score (nSPS) is 11.7. The number of likely N-dealkylation sites (N-methyl/N-ethyl adjacent to an activating group) is 1. The van der Waals surface area contributed by atoms with Crippen molar-refractivity contribution in [3.63, 3.8) is 0 Å². The number of primary amides is 1. The molecule has 0 radical (unpaired) electrons. The first-order valence-corrected chi connectivity index (χ1v) is 9.55. The maximum atomic E-state index is 12.2. The maximum Gasteiger partial charge on any atom is 0.280 e. The molecule has 1 unspecified atom stereocenters. The highest BCUT2D eigenvalue weighted by Gasteiger charge is 2.19. The van der Waals surface area contributed by atoms with E-state index in [1.807, 2.05) is 24.4 Å². The third-order valence-electron chi connectivity index (χ3n) is 3.54. The van der Waals surface area contributed by atoms with Gasteiger partial charge in [-0.15, -0.1) is 22.7 Å². The Labute approximate surface area is 153 Å². The van der Waals surface area contributed by atoms with Crippen LogP contribution in [-0.2, 0) is 16.1 Å². The maximum absolute atomic E-state index is 12.2. The van der Waals surface area contributed by atoms with Gasteiger partial charge in [-0.2, -0.15) is 0 Å². The van der Waals surface area contributed by atoms with E-state index in [0.717, 1.165) is 9.78 Å². The molecule has 0 aliphatic heterocycles. The Morgan fingerprint density at radius 3 is 2.52 bits per heavy atom. The third-order valence-corrected chi connectivity index (χ3v) is 5.25. The van der Waals surface area contributed by atoms with Crippen molar-refractivity contribution in [2.45, 2.75) is 13.5 Å². The average molecular weight is 382 g/mol. The molecule has 1 atom stereocenters. The number of nitrogens with one attached hydrogen (secondary N) is 3. The van der Waals surface area contributed by atoms with Crippen molar-refractivity contribution in [2.75, 3.05) is 25.0 Å². The summed E-state index contributed by atoms with van der Waals surface area (Å²) in [5.74, 6) is -0.941. The molecule has 3 amide bonds. The van der Waals surface area contributed by atoms with E-state index in [1.165, 1.54) is 11.3 Å². The topological polar surface area (TPSA) is 106 Å². The summed E-state index contributed by atoms with van der Waals surface area (Å²) in [6.45, 7) is 3.39. The van der Waals surface area contributed by atoms with Crippen LogP contribution in [0.5, 0.6) is 0 Å². The second kappa shape index (κ2) is 9.30. The molecule has 5 N–H and O–H groups in total. The highest BCUT2D eigenvalue weighted by Crippen LogP contribution is 2.22. The molecule has 0 aromatic carbocycles. The molecule has 134 valence electrons. The molecule has 9 heteroatoms. The fourth-order valence-corrected chi connectivity index (χ4v) is 3.65. The number of carbonyl (C=O) groups excluding carboxylic acids is 3. The first kappa shape index (κ1) is 19.1. The summed E-state index contributed by atoms with van der Waals surface area (Å²) in [7, 11) is 0. The molecule has 25 heavy (non-hydrogen) atoms. The van der Waals surface area contributed by atoms with E-state index in [2.05, 4.69) is 10.6 Å². The molecular formula is C16H21N4O3S2+. The van der Waals surface area contributed by atoms with Crippen molar-refractivity contribution >= 4 is 45.4 Å². The third kappa shape index (κ3) is 5.96. The number of nitrogens with two attached hydrogens (primary N) is 1. The lowest BCUT2D eigenvalue weighted by Gasteiger charge is -2.16. The SMILES string of the molecule is CC[NH+](CC(=O)NCc1cccs1)CC(=O)Nc1sccc1C(N)=O. The molecule has 2 aromatic rings. The van der Waals surface area contributed by atoms with Crippen molar-refractivity contribution < 1.29 is 19.3 Å². The first-order valence-electron chi connectivity index (χ1n) is 7.79. The minimum atomic E-state index is -0.579.